The zero-order valence-electron chi connectivity index (χ0n) is 15.7. The van der Waals surface area contributed by atoms with Crippen molar-refractivity contribution >= 4 is 23.2 Å². The number of ether oxygens (including phenoxy) is 2. The number of rotatable bonds is 7. The van der Waals surface area contributed by atoms with Gasteiger partial charge in [0.2, 0.25) is 5.91 Å². The van der Waals surface area contributed by atoms with Crippen LogP contribution < -0.4 is 10.1 Å². The van der Waals surface area contributed by atoms with Crippen molar-refractivity contribution in [1.82, 2.24) is 15.2 Å². The molecule has 1 saturated carbocycles. The maximum Gasteiger partial charge on any atom is 0.251 e. The zero-order valence-corrected chi connectivity index (χ0v) is 16.5. The lowest BCUT2D eigenvalue weighted by Crippen LogP contribution is -2.55. The van der Waals surface area contributed by atoms with Crippen LogP contribution >= 0.6 is 11.3 Å². The van der Waals surface area contributed by atoms with Crippen LogP contribution in [0.5, 0.6) is 5.75 Å². The number of benzene rings is 1. The van der Waals surface area contributed by atoms with E-state index in [1.54, 1.807) is 24.6 Å². The highest BCUT2D eigenvalue weighted by Gasteiger charge is 2.47. The summed E-state index contributed by atoms with van der Waals surface area (Å²) in [6.07, 6.45) is 3.63. The summed E-state index contributed by atoms with van der Waals surface area (Å²) in [5, 5.41) is 5.84. The Bertz CT molecular complexity index is 820. The molecule has 0 bridgehead atoms. The smallest absolute Gasteiger partial charge is 0.251 e. The van der Waals surface area contributed by atoms with Gasteiger partial charge in [0.15, 0.2) is 6.10 Å². The molecule has 1 aromatic carbocycles. The van der Waals surface area contributed by atoms with Crippen molar-refractivity contribution in [2.24, 2.45) is 0 Å². The third-order valence-corrected chi connectivity index (χ3v) is 5.88. The number of hydrogen-bond donors (Lipinski definition) is 1. The molecule has 2 amide bonds. The topological polar surface area (TPSA) is 80.8 Å². The Morgan fingerprint density at radius 1 is 1.36 bits per heavy atom. The minimum absolute atomic E-state index is 0.0600. The Labute approximate surface area is 167 Å². The van der Waals surface area contributed by atoms with Crippen LogP contribution in [0.2, 0.25) is 0 Å². The summed E-state index contributed by atoms with van der Waals surface area (Å²) in [7, 11) is 1.61. The number of morpholine rings is 1. The molecule has 148 valence electrons. The molecule has 2 atom stereocenters. The average Bonchev–Trinajstić information content (AvgIpc) is 3.42. The second-order valence-corrected chi connectivity index (χ2v) is 7.93. The average molecular weight is 401 g/mol. The monoisotopic (exact) mass is 401 g/mol. The van der Waals surface area contributed by atoms with E-state index in [0.29, 0.717) is 13.0 Å². The van der Waals surface area contributed by atoms with Gasteiger partial charge in [-0.3, -0.25) is 9.59 Å². The lowest BCUT2D eigenvalue weighted by molar-refractivity contribution is -0.165. The van der Waals surface area contributed by atoms with Crippen molar-refractivity contribution < 1.29 is 19.1 Å². The fourth-order valence-electron chi connectivity index (χ4n) is 3.54. The second-order valence-electron chi connectivity index (χ2n) is 6.95. The number of nitrogens with zero attached hydrogens (tertiary/aromatic N) is 2. The summed E-state index contributed by atoms with van der Waals surface area (Å²) < 4.78 is 11.0. The van der Waals surface area contributed by atoms with Gasteiger partial charge in [0.25, 0.3) is 5.91 Å². The minimum atomic E-state index is -0.733. The first kappa shape index (κ1) is 18.9. The van der Waals surface area contributed by atoms with Gasteiger partial charge in [-0.1, -0.05) is 12.1 Å². The van der Waals surface area contributed by atoms with Gasteiger partial charge < -0.3 is 19.7 Å². The fraction of sp³-hybridized carbons (Fsp3) is 0.450. The van der Waals surface area contributed by atoms with E-state index < -0.39 is 12.1 Å². The molecule has 8 heteroatoms. The van der Waals surface area contributed by atoms with Gasteiger partial charge in [0.05, 0.1) is 18.2 Å². The molecule has 1 aliphatic heterocycles. The normalized spacial score (nSPS) is 22.2. The first-order valence-corrected chi connectivity index (χ1v) is 10.3. The molecule has 1 aromatic heterocycles. The Morgan fingerprint density at radius 2 is 2.14 bits per heavy atom. The maximum absolute atomic E-state index is 12.9. The predicted molar refractivity (Wildman–Crippen MR) is 104 cm³/mol. The number of hydrogen-bond acceptors (Lipinski definition) is 6. The molecule has 2 heterocycles. The molecule has 0 radical (unpaired) electrons. The molecule has 1 N–H and O–H groups in total. The molecule has 4 rings (SSSR count). The molecule has 2 aromatic rings. The van der Waals surface area contributed by atoms with Gasteiger partial charge in [-0.2, -0.15) is 0 Å². The molecule has 0 unspecified atom stereocenters. The van der Waals surface area contributed by atoms with Crippen LogP contribution in [0.1, 0.15) is 29.5 Å². The molecule has 2 aliphatic rings. The summed E-state index contributed by atoms with van der Waals surface area (Å²) in [5.41, 5.74) is 0.876. The van der Waals surface area contributed by atoms with Crippen molar-refractivity contribution in [3.05, 3.63) is 46.4 Å². The Hall–Kier alpha value is -2.45. The molecule has 2 fully saturated rings. The number of thiazole rings is 1. The van der Waals surface area contributed by atoms with Crippen molar-refractivity contribution in [1.29, 1.82) is 0 Å². The largest absolute Gasteiger partial charge is 0.497 e. The Balaban J connectivity index is 1.52. The number of methoxy groups -OCH3 is 1. The van der Waals surface area contributed by atoms with E-state index in [1.807, 2.05) is 34.5 Å². The van der Waals surface area contributed by atoms with Crippen LogP contribution in [-0.2, 0) is 20.7 Å². The third kappa shape index (κ3) is 4.02. The summed E-state index contributed by atoms with van der Waals surface area (Å²) in [5.74, 6) is 0.472. The summed E-state index contributed by atoms with van der Waals surface area (Å²) in [6, 6.07) is 7.25. The number of carbonyl (C=O) groups is 2. The number of amides is 2. The first-order chi connectivity index (χ1) is 13.7. The van der Waals surface area contributed by atoms with E-state index in [2.05, 4.69) is 10.3 Å². The third-order valence-electron chi connectivity index (χ3n) is 5.04. The van der Waals surface area contributed by atoms with E-state index in [9.17, 15) is 9.59 Å². The second kappa shape index (κ2) is 8.28. The lowest BCUT2D eigenvalue weighted by Gasteiger charge is -2.40. The Kier molecular flexibility index (Phi) is 5.59. The Morgan fingerprint density at radius 3 is 2.79 bits per heavy atom. The molecule has 28 heavy (non-hydrogen) atoms. The van der Waals surface area contributed by atoms with E-state index in [4.69, 9.17) is 9.47 Å². The summed E-state index contributed by atoms with van der Waals surface area (Å²) in [4.78, 5) is 31.5. The molecule has 1 saturated heterocycles. The van der Waals surface area contributed by atoms with Gasteiger partial charge in [-0.05, 0) is 30.5 Å². The van der Waals surface area contributed by atoms with Crippen LogP contribution in [0.3, 0.4) is 0 Å². The SMILES string of the molecule is COc1ccc([C@@H]2[C@@H](C(=O)NCCc3nccs3)OCC(=O)N2C2CC2)cc1. The molecule has 1 aliphatic carbocycles. The van der Waals surface area contributed by atoms with Crippen LogP contribution in [0.4, 0.5) is 0 Å². The van der Waals surface area contributed by atoms with Gasteiger partial charge in [0, 0.05) is 30.6 Å². The maximum atomic E-state index is 12.9. The first-order valence-electron chi connectivity index (χ1n) is 9.40. The van der Waals surface area contributed by atoms with Gasteiger partial charge in [-0.25, -0.2) is 4.98 Å². The van der Waals surface area contributed by atoms with Crippen LogP contribution in [0.25, 0.3) is 0 Å². The minimum Gasteiger partial charge on any atom is -0.497 e. The lowest BCUT2D eigenvalue weighted by atomic mass is 9.96. The number of nitrogens with one attached hydrogen (secondary N) is 1. The van der Waals surface area contributed by atoms with Crippen LogP contribution in [0.15, 0.2) is 35.8 Å². The van der Waals surface area contributed by atoms with Gasteiger partial charge in [-0.15, -0.1) is 11.3 Å². The van der Waals surface area contributed by atoms with Crippen molar-refractivity contribution in [3.8, 4) is 5.75 Å². The molecular weight excluding hydrogens is 378 g/mol. The highest BCUT2D eigenvalue weighted by molar-refractivity contribution is 7.09. The van der Waals surface area contributed by atoms with Crippen LogP contribution in [-0.4, -0.2) is 54.1 Å². The quantitative estimate of drug-likeness (QED) is 0.767. The number of aromatic nitrogens is 1. The molecule has 0 spiro atoms. The number of carbonyl (C=O) groups excluding carboxylic acids is 2. The van der Waals surface area contributed by atoms with E-state index in [-0.39, 0.29) is 24.5 Å². The molecule has 7 nitrogen and oxygen atoms in total. The van der Waals surface area contributed by atoms with Crippen molar-refractivity contribution in [2.75, 3.05) is 20.3 Å². The highest BCUT2D eigenvalue weighted by atomic mass is 32.1. The standard InChI is InChI=1S/C20H23N3O4S/c1-26-15-6-2-13(3-7-15)18-19(27-12-17(24)23(18)14-4-5-14)20(25)22-9-8-16-21-10-11-28-16/h2-3,6-7,10-11,14,18-19H,4-5,8-9,12H2,1H3,(H,22,25)/t18-,19+/m1/s1. The highest BCUT2D eigenvalue weighted by Crippen LogP contribution is 2.39. The zero-order chi connectivity index (χ0) is 19.5. The van der Waals surface area contributed by atoms with Gasteiger partial charge >= 0.3 is 0 Å². The van der Waals surface area contributed by atoms with Crippen LogP contribution in [0, 0.1) is 0 Å². The predicted octanol–water partition coefficient (Wildman–Crippen LogP) is 1.94. The summed E-state index contributed by atoms with van der Waals surface area (Å²) >= 11 is 1.57. The molecular formula is C20H23N3O4S. The van der Waals surface area contributed by atoms with Crippen molar-refractivity contribution in [3.63, 3.8) is 0 Å². The van der Waals surface area contributed by atoms with E-state index >= 15 is 0 Å². The van der Waals surface area contributed by atoms with Gasteiger partial charge in [0.1, 0.15) is 12.4 Å². The van der Waals surface area contributed by atoms with E-state index in [0.717, 1.165) is 29.2 Å². The summed E-state index contributed by atoms with van der Waals surface area (Å²) in [6.45, 7) is 0.423. The van der Waals surface area contributed by atoms with Crippen molar-refractivity contribution in [2.45, 2.75) is 37.5 Å². The van der Waals surface area contributed by atoms with E-state index in [1.165, 1.54) is 0 Å². The fourth-order valence-corrected chi connectivity index (χ4v) is 4.16.